The molecule has 0 unspecified atom stereocenters. The summed E-state index contributed by atoms with van der Waals surface area (Å²) in [7, 11) is 1.89. The Balaban J connectivity index is 1.65. The van der Waals surface area contributed by atoms with E-state index in [9.17, 15) is 4.79 Å². The van der Waals surface area contributed by atoms with Crippen LogP contribution in [0.2, 0.25) is 0 Å². The lowest BCUT2D eigenvalue weighted by Gasteiger charge is -2.56. The minimum absolute atomic E-state index is 0.0153. The summed E-state index contributed by atoms with van der Waals surface area (Å²) in [4.78, 5) is 15.4. The summed E-state index contributed by atoms with van der Waals surface area (Å²) in [5.41, 5.74) is 1.54. The molecule has 5 heteroatoms. The highest BCUT2D eigenvalue weighted by Crippen LogP contribution is 2.39. The average Bonchev–Trinajstić information content (AvgIpc) is 2.89. The van der Waals surface area contributed by atoms with Crippen LogP contribution in [0.3, 0.4) is 0 Å². The number of hydrogen-bond acceptors (Lipinski definition) is 3. The third-order valence-corrected chi connectivity index (χ3v) is 5.85. The number of hydrogen-bond donors (Lipinski definition) is 1. The van der Waals surface area contributed by atoms with E-state index in [0.29, 0.717) is 11.6 Å². The molecule has 3 aliphatic heterocycles. The Bertz CT molecular complexity index is 755. The van der Waals surface area contributed by atoms with Gasteiger partial charge in [-0.3, -0.25) is 14.4 Å². The second-order valence-electron chi connectivity index (χ2n) is 7.42. The smallest absolute Gasteiger partial charge is 0.272 e. The molecule has 5 rings (SSSR count). The van der Waals surface area contributed by atoms with Crippen molar-refractivity contribution >= 4 is 16.8 Å². The first-order valence-electron chi connectivity index (χ1n) is 8.46. The molecule has 1 aromatic heterocycles. The van der Waals surface area contributed by atoms with Crippen molar-refractivity contribution in [3.63, 3.8) is 0 Å². The molecule has 2 bridgehead atoms. The Labute approximate surface area is 136 Å². The van der Waals surface area contributed by atoms with Gasteiger partial charge >= 0.3 is 0 Å². The lowest BCUT2D eigenvalue weighted by molar-refractivity contribution is -0.0378. The Hall–Kier alpha value is -1.88. The minimum Gasteiger partial charge on any atom is -0.346 e. The summed E-state index contributed by atoms with van der Waals surface area (Å²) in [5, 5.41) is 8.68. The predicted molar refractivity (Wildman–Crippen MR) is 90.3 cm³/mol. The lowest BCUT2D eigenvalue weighted by atomic mass is 9.72. The van der Waals surface area contributed by atoms with Crippen LogP contribution in [0.15, 0.2) is 24.3 Å². The van der Waals surface area contributed by atoms with Crippen molar-refractivity contribution in [3.05, 3.63) is 30.0 Å². The number of rotatable bonds is 2. The Morgan fingerprint density at radius 1 is 1.26 bits per heavy atom. The van der Waals surface area contributed by atoms with Crippen molar-refractivity contribution in [2.75, 3.05) is 13.1 Å². The number of fused-ring (bicyclic) bond motifs is 4. The van der Waals surface area contributed by atoms with Gasteiger partial charge in [-0.2, -0.15) is 5.10 Å². The largest absolute Gasteiger partial charge is 0.346 e. The molecule has 0 radical (unpaired) electrons. The molecule has 5 nitrogen and oxygen atoms in total. The second-order valence-corrected chi connectivity index (χ2v) is 7.42. The zero-order valence-electron chi connectivity index (χ0n) is 14.0. The van der Waals surface area contributed by atoms with E-state index >= 15 is 0 Å². The molecule has 0 aliphatic carbocycles. The lowest BCUT2D eigenvalue weighted by Crippen LogP contribution is -2.69. The van der Waals surface area contributed by atoms with Gasteiger partial charge in [0.05, 0.1) is 5.52 Å². The predicted octanol–water partition coefficient (Wildman–Crippen LogP) is 2.18. The molecule has 0 spiro atoms. The maximum Gasteiger partial charge on any atom is 0.272 e. The first kappa shape index (κ1) is 14.7. The molecule has 1 amide bonds. The Morgan fingerprint density at radius 3 is 2.65 bits per heavy atom. The maximum absolute atomic E-state index is 12.9. The van der Waals surface area contributed by atoms with E-state index in [1.165, 1.54) is 12.8 Å². The molecule has 3 aliphatic rings. The number of carbonyl (C=O) groups excluding carboxylic acids is 1. The molecule has 23 heavy (non-hydrogen) atoms. The van der Waals surface area contributed by atoms with Crippen LogP contribution in [0.5, 0.6) is 0 Å². The third kappa shape index (κ3) is 2.17. The highest BCUT2D eigenvalue weighted by Gasteiger charge is 2.48. The highest BCUT2D eigenvalue weighted by atomic mass is 16.2. The molecule has 1 aromatic carbocycles. The van der Waals surface area contributed by atoms with Crippen molar-refractivity contribution in [2.24, 2.45) is 13.0 Å². The molecule has 4 heterocycles. The molecule has 3 saturated heterocycles. The molecule has 2 aromatic rings. The van der Waals surface area contributed by atoms with E-state index in [-0.39, 0.29) is 17.5 Å². The van der Waals surface area contributed by atoms with Crippen molar-refractivity contribution < 1.29 is 4.79 Å². The summed E-state index contributed by atoms with van der Waals surface area (Å²) in [6, 6.07) is 8.09. The molecule has 1 atom stereocenters. The zero-order valence-corrected chi connectivity index (χ0v) is 14.0. The summed E-state index contributed by atoms with van der Waals surface area (Å²) in [5.74, 6) is 0.530. The molecular formula is C18H24N4O. The van der Waals surface area contributed by atoms with E-state index in [1.807, 2.05) is 31.3 Å². The summed E-state index contributed by atoms with van der Waals surface area (Å²) < 4.78 is 1.78. The number of piperidine rings is 3. The van der Waals surface area contributed by atoms with Crippen molar-refractivity contribution in [2.45, 2.75) is 38.3 Å². The number of benzene rings is 1. The van der Waals surface area contributed by atoms with E-state index in [4.69, 9.17) is 0 Å². The fourth-order valence-corrected chi connectivity index (χ4v) is 4.47. The third-order valence-electron chi connectivity index (χ3n) is 5.85. The van der Waals surface area contributed by atoms with Crippen LogP contribution in [0, 0.1) is 5.92 Å². The zero-order chi connectivity index (χ0) is 16.2. The number of para-hydroxylation sites is 1. The number of nitrogens with zero attached hydrogens (tertiary/aromatic N) is 3. The van der Waals surface area contributed by atoms with Gasteiger partial charge in [-0.25, -0.2) is 0 Å². The molecule has 3 fully saturated rings. The van der Waals surface area contributed by atoms with Crippen molar-refractivity contribution in [1.29, 1.82) is 0 Å². The number of amides is 1. The van der Waals surface area contributed by atoms with Gasteiger partial charge < -0.3 is 5.32 Å². The van der Waals surface area contributed by atoms with Gasteiger partial charge in [0.15, 0.2) is 5.69 Å². The first-order valence-corrected chi connectivity index (χ1v) is 8.46. The second kappa shape index (κ2) is 5.06. The van der Waals surface area contributed by atoms with E-state index in [1.54, 1.807) is 4.68 Å². The number of carbonyl (C=O) groups is 1. The van der Waals surface area contributed by atoms with Gasteiger partial charge in [0.25, 0.3) is 5.91 Å². The van der Waals surface area contributed by atoms with E-state index in [0.717, 1.165) is 24.0 Å². The molecule has 122 valence electrons. The van der Waals surface area contributed by atoms with Gasteiger partial charge in [-0.05, 0) is 51.8 Å². The van der Waals surface area contributed by atoms with E-state index < -0.39 is 0 Å². The van der Waals surface area contributed by atoms with Crippen LogP contribution in [0.1, 0.15) is 37.2 Å². The van der Waals surface area contributed by atoms with Crippen LogP contribution in [0.25, 0.3) is 10.9 Å². The molecular weight excluding hydrogens is 288 g/mol. The van der Waals surface area contributed by atoms with Gasteiger partial charge in [0.2, 0.25) is 0 Å². The Morgan fingerprint density at radius 2 is 1.96 bits per heavy atom. The summed E-state index contributed by atoms with van der Waals surface area (Å²) in [6.45, 7) is 6.80. The minimum atomic E-state index is -0.0476. The fraction of sp³-hybridized carbons (Fsp3) is 0.556. The van der Waals surface area contributed by atoms with Crippen molar-refractivity contribution in [1.82, 2.24) is 20.0 Å². The number of aromatic nitrogens is 2. The van der Waals surface area contributed by atoms with Gasteiger partial charge in [0, 0.05) is 24.0 Å². The highest BCUT2D eigenvalue weighted by molar-refractivity contribution is 6.05. The van der Waals surface area contributed by atoms with Crippen molar-refractivity contribution in [3.8, 4) is 0 Å². The van der Waals surface area contributed by atoms with Gasteiger partial charge in [-0.1, -0.05) is 18.2 Å². The standard InChI is InChI=1S/C18H24N4O/c1-18(2)16(12-8-10-22(18)11-9-12)19-17(23)15-13-6-4-5-7-14(13)21(3)20-15/h4-7,12,16H,8-11H2,1-3H3,(H,19,23)/t16-/m1/s1. The summed E-state index contributed by atoms with van der Waals surface area (Å²) in [6.07, 6.45) is 2.36. The van der Waals surface area contributed by atoms with Crippen LogP contribution in [-0.2, 0) is 7.05 Å². The van der Waals surface area contributed by atoms with Crippen LogP contribution < -0.4 is 5.32 Å². The Kier molecular flexibility index (Phi) is 3.23. The SMILES string of the molecule is Cn1nc(C(=O)N[C@@H]2C3CCN(CC3)C2(C)C)c2ccccc21. The number of aryl methyl sites for hydroxylation is 1. The molecule has 0 saturated carbocycles. The number of nitrogens with one attached hydrogen (secondary N) is 1. The monoisotopic (exact) mass is 312 g/mol. The first-order chi connectivity index (χ1) is 11.0. The topological polar surface area (TPSA) is 50.2 Å². The normalized spacial score (nSPS) is 28.9. The van der Waals surface area contributed by atoms with Crippen LogP contribution in [0.4, 0.5) is 0 Å². The quantitative estimate of drug-likeness (QED) is 0.924. The van der Waals surface area contributed by atoms with Gasteiger partial charge in [-0.15, -0.1) is 0 Å². The van der Waals surface area contributed by atoms with Crippen LogP contribution >= 0.6 is 0 Å². The van der Waals surface area contributed by atoms with Crippen LogP contribution in [-0.4, -0.2) is 45.3 Å². The maximum atomic E-state index is 12.9. The summed E-state index contributed by atoms with van der Waals surface area (Å²) >= 11 is 0. The van der Waals surface area contributed by atoms with Gasteiger partial charge in [0.1, 0.15) is 0 Å². The average molecular weight is 312 g/mol. The fourth-order valence-electron chi connectivity index (χ4n) is 4.47. The molecule has 1 N–H and O–H groups in total. The van der Waals surface area contributed by atoms with E-state index in [2.05, 4.69) is 29.2 Å².